The number of amides is 2. The first-order chi connectivity index (χ1) is 14.6. The van der Waals surface area contributed by atoms with E-state index in [1.165, 1.54) is 28.4 Å². The number of hydrogen-bond donors (Lipinski definition) is 0. The molecule has 1 aliphatic heterocycles. The van der Waals surface area contributed by atoms with Gasteiger partial charge in [-0.05, 0) is 41.6 Å². The van der Waals surface area contributed by atoms with Gasteiger partial charge in [0.2, 0.25) is 0 Å². The molecule has 4 rings (SSSR count). The molecule has 2 heterocycles. The zero-order valence-electron chi connectivity index (χ0n) is 16.5. The summed E-state index contributed by atoms with van der Waals surface area (Å²) in [6.45, 7) is 3.20. The van der Waals surface area contributed by atoms with Crippen LogP contribution in [-0.2, 0) is 22.7 Å². The lowest BCUT2D eigenvalue weighted by atomic mass is 10.1. The van der Waals surface area contributed by atoms with Crippen LogP contribution in [0.15, 0.2) is 77.8 Å². The molecule has 0 atom stereocenters. The molecule has 0 fully saturated rings. The lowest BCUT2D eigenvalue weighted by Crippen LogP contribution is -2.34. The van der Waals surface area contributed by atoms with E-state index in [9.17, 15) is 14.0 Å². The number of imide groups is 1. The third-order valence-corrected chi connectivity index (χ3v) is 5.97. The zero-order chi connectivity index (χ0) is 21.1. The monoisotopic (exact) mass is 420 g/mol. The second-order valence-electron chi connectivity index (χ2n) is 7.02. The molecule has 0 bridgehead atoms. The van der Waals surface area contributed by atoms with E-state index >= 15 is 0 Å². The summed E-state index contributed by atoms with van der Waals surface area (Å²) in [6, 6.07) is 19.5. The van der Waals surface area contributed by atoms with Gasteiger partial charge in [0.25, 0.3) is 11.8 Å². The third-order valence-electron chi connectivity index (χ3n) is 5.08. The molecule has 0 N–H and O–H groups in total. The highest BCUT2D eigenvalue weighted by molar-refractivity contribution is 7.11. The largest absolute Gasteiger partial charge is 0.362 e. The molecule has 0 spiro atoms. The standard InChI is InChI=1S/C24H21FN2O2S/c1-2-26(15-17-7-4-3-5-8-17)22-21(20-9-6-14-30-20)23(28)27(24(22)29)16-18-10-12-19(25)13-11-18/h3-14H,2,15-16H2,1H3. The van der Waals surface area contributed by atoms with Crippen molar-refractivity contribution in [2.24, 2.45) is 0 Å². The lowest BCUT2D eigenvalue weighted by Gasteiger charge is -2.25. The SMILES string of the molecule is CCN(Cc1ccccc1)C1=C(c2cccs2)C(=O)N(Cc2ccc(F)cc2)C1=O. The topological polar surface area (TPSA) is 40.6 Å². The molecule has 0 radical (unpaired) electrons. The van der Waals surface area contributed by atoms with Crippen molar-refractivity contribution in [3.63, 3.8) is 0 Å². The highest BCUT2D eigenvalue weighted by atomic mass is 32.1. The van der Waals surface area contributed by atoms with Crippen molar-refractivity contribution in [3.05, 3.63) is 99.6 Å². The van der Waals surface area contributed by atoms with E-state index in [0.717, 1.165) is 10.4 Å². The molecule has 1 aliphatic rings. The summed E-state index contributed by atoms with van der Waals surface area (Å²) in [7, 11) is 0. The minimum Gasteiger partial charge on any atom is -0.362 e. The van der Waals surface area contributed by atoms with Gasteiger partial charge in [0.1, 0.15) is 11.5 Å². The smallest absolute Gasteiger partial charge is 0.278 e. The molecule has 0 aliphatic carbocycles. The number of carbonyl (C=O) groups excluding carboxylic acids is 2. The molecule has 0 saturated heterocycles. The maximum Gasteiger partial charge on any atom is 0.278 e. The maximum atomic E-state index is 13.4. The minimum atomic E-state index is -0.351. The van der Waals surface area contributed by atoms with Crippen LogP contribution in [0, 0.1) is 5.82 Å². The molecule has 0 unspecified atom stereocenters. The number of hydrogen-bond acceptors (Lipinski definition) is 4. The fraction of sp³-hybridized carbons (Fsp3) is 0.167. The minimum absolute atomic E-state index is 0.110. The van der Waals surface area contributed by atoms with Crippen LogP contribution >= 0.6 is 11.3 Å². The average Bonchev–Trinajstić information content (AvgIpc) is 3.37. The number of thiophene rings is 1. The molecule has 1 aromatic heterocycles. The van der Waals surface area contributed by atoms with E-state index in [1.807, 2.05) is 59.7 Å². The molecule has 2 aromatic carbocycles. The quantitative estimate of drug-likeness (QED) is 0.521. The van der Waals surface area contributed by atoms with Crippen LogP contribution in [0.3, 0.4) is 0 Å². The molecule has 30 heavy (non-hydrogen) atoms. The molecule has 4 nitrogen and oxygen atoms in total. The predicted molar refractivity (Wildman–Crippen MR) is 116 cm³/mol. The Labute approximate surface area is 178 Å². The first kappa shape index (κ1) is 20.0. The predicted octanol–water partition coefficient (Wildman–Crippen LogP) is 4.69. The number of rotatable bonds is 7. The number of likely N-dealkylation sites (N-methyl/N-ethyl adjacent to an activating group) is 1. The summed E-state index contributed by atoms with van der Waals surface area (Å²) >= 11 is 1.44. The van der Waals surface area contributed by atoms with Gasteiger partial charge in [-0.15, -0.1) is 11.3 Å². The van der Waals surface area contributed by atoms with Crippen molar-refractivity contribution < 1.29 is 14.0 Å². The Hall–Kier alpha value is -3.25. The van der Waals surface area contributed by atoms with Gasteiger partial charge in [-0.25, -0.2) is 4.39 Å². The molecule has 6 heteroatoms. The van der Waals surface area contributed by atoms with Crippen LogP contribution < -0.4 is 0 Å². The van der Waals surface area contributed by atoms with Gasteiger partial charge < -0.3 is 4.90 Å². The van der Waals surface area contributed by atoms with Gasteiger partial charge in [0, 0.05) is 18.0 Å². The van der Waals surface area contributed by atoms with E-state index < -0.39 is 0 Å². The van der Waals surface area contributed by atoms with E-state index in [4.69, 9.17) is 0 Å². The summed E-state index contributed by atoms with van der Waals surface area (Å²) in [4.78, 5) is 30.7. The van der Waals surface area contributed by atoms with E-state index in [1.54, 1.807) is 12.1 Å². The molecular formula is C24H21FN2O2S. The third kappa shape index (κ3) is 3.91. The van der Waals surface area contributed by atoms with Gasteiger partial charge in [-0.2, -0.15) is 0 Å². The second kappa shape index (κ2) is 8.63. The highest BCUT2D eigenvalue weighted by Gasteiger charge is 2.41. The molecule has 3 aromatic rings. The van der Waals surface area contributed by atoms with Crippen molar-refractivity contribution in [3.8, 4) is 0 Å². The van der Waals surface area contributed by atoms with Crippen molar-refractivity contribution in [2.45, 2.75) is 20.0 Å². The van der Waals surface area contributed by atoms with E-state index in [0.29, 0.717) is 29.9 Å². The summed E-state index contributed by atoms with van der Waals surface area (Å²) in [5, 5.41) is 1.90. The van der Waals surface area contributed by atoms with Crippen LogP contribution in [0.4, 0.5) is 4.39 Å². The molecule has 0 saturated carbocycles. The molecule has 152 valence electrons. The van der Waals surface area contributed by atoms with Crippen LogP contribution in [0.2, 0.25) is 0 Å². The van der Waals surface area contributed by atoms with Gasteiger partial charge in [-0.1, -0.05) is 48.5 Å². The fourth-order valence-corrected chi connectivity index (χ4v) is 4.33. The lowest BCUT2D eigenvalue weighted by molar-refractivity contribution is -0.138. The van der Waals surface area contributed by atoms with Gasteiger partial charge in [0.05, 0.1) is 12.1 Å². The summed E-state index contributed by atoms with van der Waals surface area (Å²) in [5.74, 6) is -0.977. The van der Waals surface area contributed by atoms with Gasteiger partial charge in [-0.3, -0.25) is 14.5 Å². The Morgan fingerprint density at radius 3 is 2.27 bits per heavy atom. The van der Waals surface area contributed by atoms with Gasteiger partial charge >= 0.3 is 0 Å². The van der Waals surface area contributed by atoms with Crippen LogP contribution in [-0.4, -0.2) is 28.2 Å². The fourth-order valence-electron chi connectivity index (χ4n) is 3.57. The normalized spacial score (nSPS) is 14.0. The van der Waals surface area contributed by atoms with Crippen LogP contribution in [0.5, 0.6) is 0 Å². The Morgan fingerprint density at radius 2 is 1.63 bits per heavy atom. The summed E-state index contributed by atoms with van der Waals surface area (Å²) in [5.41, 5.74) is 2.64. The highest BCUT2D eigenvalue weighted by Crippen LogP contribution is 2.35. The van der Waals surface area contributed by atoms with Crippen molar-refractivity contribution in [1.82, 2.24) is 9.80 Å². The molecular weight excluding hydrogens is 399 g/mol. The Kier molecular flexibility index (Phi) is 5.77. The summed E-state index contributed by atoms with van der Waals surface area (Å²) < 4.78 is 13.3. The van der Waals surface area contributed by atoms with E-state index in [-0.39, 0.29) is 24.2 Å². The second-order valence-corrected chi connectivity index (χ2v) is 7.97. The Morgan fingerprint density at radius 1 is 0.900 bits per heavy atom. The number of halogens is 1. The summed E-state index contributed by atoms with van der Waals surface area (Å²) in [6.07, 6.45) is 0. The number of benzene rings is 2. The van der Waals surface area contributed by atoms with Crippen LogP contribution in [0.25, 0.3) is 5.57 Å². The van der Waals surface area contributed by atoms with Gasteiger partial charge in [0.15, 0.2) is 0 Å². The van der Waals surface area contributed by atoms with Crippen molar-refractivity contribution in [1.29, 1.82) is 0 Å². The average molecular weight is 421 g/mol. The van der Waals surface area contributed by atoms with Crippen molar-refractivity contribution in [2.75, 3.05) is 6.54 Å². The number of carbonyl (C=O) groups is 2. The number of nitrogens with zero attached hydrogens (tertiary/aromatic N) is 2. The Bertz CT molecular complexity index is 1080. The molecule has 2 amide bonds. The van der Waals surface area contributed by atoms with Crippen LogP contribution in [0.1, 0.15) is 22.9 Å². The zero-order valence-corrected chi connectivity index (χ0v) is 17.4. The first-order valence-electron chi connectivity index (χ1n) is 9.76. The van der Waals surface area contributed by atoms with E-state index in [2.05, 4.69) is 0 Å². The maximum absolute atomic E-state index is 13.4. The van der Waals surface area contributed by atoms with Crippen molar-refractivity contribution >= 4 is 28.7 Å². The Balaban J connectivity index is 1.71. The first-order valence-corrected chi connectivity index (χ1v) is 10.6.